The topological polar surface area (TPSA) is 40.5 Å². The zero-order chi connectivity index (χ0) is 13.7. The van der Waals surface area contributed by atoms with Crippen molar-refractivity contribution in [1.82, 2.24) is 4.90 Å². The van der Waals surface area contributed by atoms with Crippen LogP contribution in [-0.2, 0) is 11.2 Å². The second-order valence-corrected chi connectivity index (χ2v) is 6.08. The van der Waals surface area contributed by atoms with E-state index < -0.39 is 0 Å². The van der Waals surface area contributed by atoms with Crippen LogP contribution in [0.3, 0.4) is 0 Å². The summed E-state index contributed by atoms with van der Waals surface area (Å²) in [5.41, 5.74) is 1.05. The first-order valence-electron chi connectivity index (χ1n) is 6.82. The average Bonchev–Trinajstić information content (AvgIpc) is 2.42. The summed E-state index contributed by atoms with van der Waals surface area (Å²) in [6.07, 6.45) is 3.46. The van der Waals surface area contributed by atoms with Gasteiger partial charge in [0.05, 0.1) is 6.42 Å². The van der Waals surface area contributed by atoms with Gasteiger partial charge in [-0.3, -0.25) is 4.79 Å². The Hall–Kier alpha value is -0.870. The number of hydrogen-bond donors (Lipinski definition) is 1. The fourth-order valence-electron chi connectivity index (χ4n) is 2.60. The summed E-state index contributed by atoms with van der Waals surface area (Å²) in [5, 5.41) is 9.00. The summed E-state index contributed by atoms with van der Waals surface area (Å²) in [7, 11) is 0. The average molecular weight is 326 g/mol. The minimum Gasteiger partial charge on any atom is -0.396 e. The number of benzene rings is 1. The molecule has 104 valence electrons. The quantitative estimate of drug-likeness (QED) is 0.924. The number of amides is 1. The van der Waals surface area contributed by atoms with E-state index in [1.54, 1.807) is 0 Å². The fraction of sp³-hybridized carbons (Fsp3) is 0.533. The van der Waals surface area contributed by atoms with Crippen LogP contribution in [0.2, 0.25) is 0 Å². The molecular weight excluding hydrogens is 306 g/mol. The minimum atomic E-state index is 0.199. The first kappa shape index (κ1) is 14.5. The van der Waals surface area contributed by atoms with Crippen LogP contribution in [0.5, 0.6) is 0 Å². The highest BCUT2D eigenvalue weighted by molar-refractivity contribution is 9.10. The normalized spacial score (nSPS) is 19.5. The van der Waals surface area contributed by atoms with E-state index in [4.69, 9.17) is 5.11 Å². The molecule has 1 unspecified atom stereocenters. The Morgan fingerprint density at radius 1 is 1.37 bits per heavy atom. The monoisotopic (exact) mass is 325 g/mol. The molecule has 0 radical (unpaired) electrons. The maximum Gasteiger partial charge on any atom is 0.226 e. The Kier molecular flexibility index (Phi) is 5.40. The second kappa shape index (κ2) is 7.06. The van der Waals surface area contributed by atoms with E-state index in [1.807, 2.05) is 29.2 Å². The van der Waals surface area contributed by atoms with Crippen molar-refractivity contribution in [1.29, 1.82) is 0 Å². The zero-order valence-electron chi connectivity index (χ0n) is 11.0. The highest BCUT2D eigenvalue weighted by Gasteiger charge is 2.23. The highest BCUT2D eigenvalue weighted by Crippen LogP contribution is 2.20. The lowest BCUT2D eigenvalue weighted by molar-refractivity contribution is -0.132. The fourth-order valence-corrected chi connectivity index (χ4v) is 2.86. The number of aliphatic hydroxyl groups excluding tert-OH is 1. The third kappa shape index (κ3) is 4.32. The number of rotatable bonds is 4. The molecule has 1 heterocycles. The molecule has 0 saturated carbocycles. The molecule has 2 rings (SSSR count). The standard InChI is InChI=1S/C15H20BrNO2/c16-14-5-3-12(4-6-14)10-15(19)17-8-1-2-13(11-17)7-9-18/h3-6,13,18H,1-2,7-11H2. The van der Waals surface area contributed by atoms with Crippen molar-refractivity contribution >= 4 is 21.8 Å². The summed E-state index contributed by atoms with van der Waals surface area (Å²) in [6.45, 7) is 1.88. The van der Waals surface area contributed by atoms with Crippen molar-refractivity contribution in [3.05, 3.63) is 34.3 Å². The van der Waals surface area contributed by atoms with Crippen molar-refractivity contribution in [3.63, 3.8) is 0 Å². The predicted molar refractivity (Wildman–Crippen MR) is 78.9 cm³/mol. The van der Waals surface area contributed by atoms with Crippen molar-refractivity contribution in [2.45, 2.75) is 25.7 Å². The van der Waals surface area contributed by atoms with E-state index in [9.17, 15) is 4.79 Å². The Morgan fingerprint density at radius 3 is 2.79 bits per heavy atom. The number of aliphatic hydroxyl groups is 1. The van der Waals surface area contributed by atoms with Gasteiger partial charge in [-0.2, -0.15) is 0 Å². The Balaban J connectivity index is 1.90. The van der Waals surface area contributed by atoms with Crippen molar-refractivity contribution < 1.29 is 9.90 Å². The zero-order valence-corrected chi connectivity index (χ0v) is 12.6. The van der Waals surface area contributed by atoms with Gasteiger partial charge < -0.3 is 10.0 Å². The molecule has 19 heavy (non-hydrogen) atoms. The Morgan fingerprint density at radius 2 is 2.11 bits per heavy atom. The highest BCUT2D eigenvalue weighted by atomic mass is 79.9. The third-order valence-corrected chi connectivity index (χ3v) is 4.21. The van der Waals surface area contributed by atoms with Gasteiger partial charge in [0.25, 0.3) is 0 Å². The van der Waals surface area contributed by atoms with E-state index >= 15 is 0 Å². The second-order valence-electron chi connectivity index (χ2n) is 5.16. The number of likely N-dealkylation sites (tertiary alicyclic amines) is 1. The van der Waals surface area contributed by atoms with Gasteiger partial charge in [0.2, 0.25) is 5.91 Å². The molecule has 1 saturated heterocycles. The molecule has 1 amide bonds. The van der Waals surface area contributed by atoms with Gasteiger partial charge in [-0.15, -0.1) is 0 Å². The molecular formula is C15H20BrNO2. The van der Waals surface area contributed by atoms with Crippen molar-refractivity contribution in [2.75, 3.05) is 19.7 Å². The van der Waals surface area contributed by atoms with Gasteiger partial charge in [-0.25, -0.2) is 0 Å². The molecule has 1 aliphatic rings. The van der Waals surface area contributed by atoms with Crippen LogP contribution in [0.15, 0.2) is 28.7 Å². The number of nitrogens with zero attached hydrogens (tertiary/aromatic N) is 1. The molecule has 0 aromatic heterocycles. The van der Waals surface area contributed by atoms with Crippen molar-refractivity contribution in [2.24, 2.45) is 5.92 Å². The van der Waals surface area contributed by atoms with Gasteiger partial charge in [0.1, 0.15) is 0 Å². The number of carbonyl (C=O) groups is 1. The van der Waals surface area contributed by atoms with Crippen LogP contribution in [0, 0.1) is 5.92 Å². The van der Waals surface area contributed by atoms with E-state index in [2.05, 4.69) is 15.9 Å². The smallest absolute Gasteiger partial charge is 0.226 e. The SMILES string of the molecule is O=C(Cc1ccc(Br)cc1)N1CCCC(CCO)C1. The molecule has 0 spiro atoms. The van der Waals surface area contributed by atoms with E-state index in [1.165, 1.54) is 0 Å². The van der Waals surface area contributed by atoms with E-state index in [0.717, 1.165) is 42.4 Å². The number of hydrogen-bond acceptors (Lipinski definition) is 2. The summed E-state index contributed by atoms with van der Waals surface area (Å²) in [5.74, 6) is 0.664. The molecule has 1 aliphatic heterocycles. The molecule has 1 aromatic carbocycles. The number of carbonyl (C=O) groups excluding carboxylic acids is 1. The Labute approximate surface area is 122 Å². The first-order chi connectivity index (χ1) is 9.19. The molecule has 3 nitrogen and oxygen atoms in total. The van der Waals surface area contributed by atoms with Crippen LogP contribution in [0.4, 0.5) is 0 Å². The Bertz CT molecular complexity index is 417. The minimum absolute atomic E-state index is 0.199. The van der Waals surface area contributed by atoms with Crippen molar-refractivity contribution in [3.8, 4) is 0 Å². The maximum atomic E-state index is 12.3. The summed E-state index contributed by atoms with van der Waals surface area (Å²) in [6, 6.07) is 7.90. The molecule has 1 atom stereocenters. The molecule has 1 N–H and O–H groups in total. The van der Waals surface area contributed by atoms with Gasteiger partial charge >= 0.3 is 0 Å². The van der Waals surface area contributed by atoms with Crippen LogP contribution < -0.4 is 0 Å². The predicted octanol–water partition coefficient (Wildman–Crippen LogP) is 2.61. The van der Waals surface area contributed by atoms with Crippen LogP contribution in [-0.4, -0.2) is 35.6 Å². The summed E-state index contributed by atoms with van der Waals surface area (Å²) < 4.78 is 1.03. The van der Waals surface area contributed by atoms with E-state index in [-0.39, 0.29) is 12.5 Å². The lowest BCUT2D eigenvalue weighted by Crippen LogP contribution is -2.40. The van der Waals surface area contributed by atoms with Gasteiger partial charge in [-0.05, 0) is 42.9 Å². The van der Waals surface area contributed by atoms with Gasteiger partial charge in [0.15, 0.2) is 0 Å². The molecule has 4 heteroatoms. The van der Waals surface area contributed by atoms with E-state index in [0.29, 0.717) is 12.3 Å². The van der Waals surface area contributed by atoms with Crippen LogP contribution >= 0.6 is 15.9 Å². The van der Waals surface area contributed by atoms with Crippen LogP contribution in [0.1, 0.15) is 24.8 Å². The van der Waals surface area contributed by atoms with Gasteiger partial charge in [-0.1, -0.05) is 28.1 Å². The summed E-state index contributed by atoms with van der Waals surface area (Å²) in [4.78, 5) is 14.2. The maximum absolute atomic E-state index is 12.3. The first-order valence-corrected chi connectivity index (χ1v) is 7.61. The third-order valence-electron chi connectivity index (χ3n) is 3.68. The molecule has 0 bridgehead atoms. The molecule has 0 aliphatic carbocycles. The molecule has 1 aromatic rings. The molecule has 1 fully saturated rings. The number of piperidine rings is 1. The van der Waals surface area contributed by atoms with Gasteiger partial charge in [0, 0.05) is 24.2 Å². The summed E-state index contributed by atoms with van der Waals surface area (Å²) >= 11 is 3.39. The number of halogens is 1. The lowest BCUT2D eigenvalue weighted by atomic mass is 9.95. The lowest BCUT2D eigenvalue weighted by Gasteiger charge is -2.32. The largest absolute Gasteiger partial charge is 0.396 e. The van der Waals surface area contributed by atoms with Crippen LogP contribution in [0.25, 0.3) is 0 Å².